The number of benzene rings is 1. The van der Waals surface area contributed by atoms with Gasteiger partial charge in [-0.2, -0.15) is 0 Å². The number of nitrogens with zero attached hydrogens (tertiary/aromatic N) is 2. The average Bonchev–Trinajstić information content (AvgIpc) is 3.08. The summed E-state index contributed by atoms with van der Waals surface area (Å²) in [5, 5.41) is 7.64. The van der Waals surface area contributed by atoms with Crippen LogP contribution in [0.4, 0.5) is 10.8 Å². The SMILES string of the molecule is O=C(/C=C/c1ccccc1)Nc1nc(CC(=O)Nc2cccnc2)cs1. The van der Waals surface area contributed by atoms with Gasteiger partial charge in [0.15, 0.2) is 5.13 Å². The van der Waals surface area contributed by atoms with E-state index in [1.807, 2.05) is 30.3 Å². The van der Waals surface area contributed by atoms with E-state index >= 15 is 0 Å². The Balaban J connectivity index is 1.52. The summed E-state index contributed by atoms with van der Waals surface area (Å²) in [5.41, 5.74) is 2.17. The highest BCUT2D eigenvalue weighted by Crippen LogP contribution is 2.16. The van der Waals surface area contributed by atoms with Crippen LogP contribution in [-0.2, 0) is 16.0 Å². The normalized spacial score (nSPS) is 10.6. The average molecular weight is 364 g/mol. The van der Waals surface area contributed by atoms with Crippen molar-refractivity contribution in [2.75, 3.05) is 10.6 Å². The Morgan fingerprint density at radius 1 is 1.08 bits per heavy atom. The van der Waals surface area contributed by atoms with Gasteiger partial charge in [0.05, 0.1) is 24.0 Å². The van der Waals surface area contributed by atoms with E-state index < -0.39 is 0 Å². The lowest BCUT2D eigenvalue weighted by Crippen LogP contribution is -2.15. The number of amides is 2. The second kappa shape index (κ2) is 8.68. The monoisotopic (exact) mass is 364 g/mol. The fourth-order valence-corrected chi connectivity index (χ4v) is 2.85. The van der Waals surface area contributed by atoms with Gasteiger partial charge in [0.1, 0.15) is 0 Å². The summed E-state index contributed by atoms with van der Waals surface area (Å²) in [5.74, 6) is -0.459. The molecule has 0 saturated heterocycles. The van der Waals surface area contributed by atoms with Crippen LogP contribution >= 0.6 is 11.3 Å². The molecule has 7 heteroatoms. The molecule has 6 nitrogen and oxygen atoms in total. The van der Waals surface area contributed by atoms with E-state index in [1.54, 1.807) is 36.0 Å². The maximum atomic E-state index is 12.0. The third kappa shape index (κ3) is 5.35. The number of pyridine rings is 1. The molecule has 130 valence electrons. The number of hydrogen-bond donors (Lipinski definition) is 2. The molecule has 3 aromatic rings. The van der Waals surface area contributed by atoms with Gasteiger partial charge < -0.3 is 5.32 Å². The molecule has 2 N–H and O–H groups in total. The van der Waals surface area contributed by atoms with Crippen molar-refractivity contribution in [3.05, 3.63) is 77.6 Å². The zero-order valence-corrected chi connectivity index (χ0v) is 14.6. The molecule has 1 aromatic carbocycles. The maximum absolute atomic E-state index is 12.0. The number of nitrogens with one attached hydrogen (secondary N) is 2. The maximum Gasteiger partial charge on any atom is 0.250 e. The second-order valence-corrected chi connectivity index (χ2v) is 6.20. The zero-order valence-electron chi connectivity index (χ0n) is 13.8. The number of anilines is 2. The highest BCUT2D eigenvalue weighted by molar-refractivity contribution is 7.14. The van der Waals surface area contributed by atoms with Crippen LogP contribution in [-0.4, -0.2) is 21.8 Å². The first-order chi connectivity index (χ1) is 12.7. The van der Waals surface area contributed by atoms with Crippen molar-refractivity contribution >= 4 is 40.0 Å². The Labute approximate surface area is 154 Å². The Bertz CT molecular complexity index is 908. The van der Waals surface area contributed by atoms with Crippen molar-refractivity contribution in [3.8, 4) is 0 Å². The molecule has 0 saturated carbocycles. The quantitative estimate of drug-likeness (QED) is 0.657. The first kappa shape index (κ1) is 17.5. The second-order valence-electron chi connectivity index (χ2n) is 5.34. The van der Waals surface area contributed by atoms with Gasteiger partial charge in [0.2, 0.25) is 11.8 Å². The van der Waals surface area contributed by atoms with Crippen molar-refractivity contribution in [3.63, 3.8) is 0 Å². The van der Waals surface area contributed by atoms with Crippen LogP contribution in [0.3, 0.4) is 0 Å². The predicted molar refractivity (Wildman–Crippen MR) is 103 cm³/mol. The molecule has 0 aliphatic heterocycles. The lowest BCUT2D eigenvalue weighted by molar-refractivity contribution is -0.115. The number of rotatable bonds is 6. The van der Waals surface area contributed by atoms with Crippen LogP contribution < -0.4 is 10.6 Å². The Kier molecular flexibility index (Phi) is 5.84. The Hall–Kier alpha value is -3.32. The van der Waals surface area contributed by atoms with E-state index in [9.17, 15) is 9.59 Å². The molecule has 2 aromatic heterocycles. The molecule has 26 heavy (non-hydrogen) atoms. The third-order valence-corrected chi connectivity index (χ3v) is 4.10. The van der Waals surface area contributed by atoms with E-state index in [4.69, 9.17) is 0 Å². The van der Waals surface area contributed by atoms with Crippen LogP contribution in [0.25, 0.3) is 6.08 Å². The van der Waals surface area contributed by atoms with Crippen LogP contribution in [0.15, 0.2) is 66.3 Å². The number of thiazole rings is 1. The lowest BCUT2D eigenvalue weighted by atomic mass is 10.2. The molecular formula is C19H16N4O2S. The van der Waals surface area contributed by atoms with Crippen molar-refractivity contribution in [1.29, 1.82) is 0 Å². The first-order valence-corrected chi connectivity index (χ1v) is 8.75. The minimum atomic E-state index is -0.269. The van der Waals surface area contributed by atoms with Gasteiger partial charge in [0.25, 0.3) is 0 Å². The molecule has 0 aliphatic carbocycles. The van der Waals surface area contributed by atoms with Crippen LogP contribution in [0.2, 0.25) is 0 Å². The van der Waals surface area contributed by atoms with Gasteiger partial charge in [-0.1, -0.05) is 30.3 Å². The van der Waals surface area contributed by atoms with Gasteiger partial charge in [-0.3, -0.25) is 19.9 Å². The summed E-state index contributed by atoms with van der Waals surface area (Å²) in [6, 6.07) is 13.0. The highest BCUT2D eigenvalue weighted by atomic mass is 32.1. The number of carbonyl (C=O) groups is 2. The van der Waals surface area contributed by atoms with Gasteiger partial charge >= 0.3 is 0 Å². The Morgan fingerprint density at radius 2 is 1.92 bits per heavy atom. The van der Waals surface area contributed by atoms with Crippen LogP contribution in [0, 0.1) is 0 Å². The Morgan fingerprint density at radius 3 is 2.69 bits per heavy atom. The highest BCUT2D eigenvalue weighted by Gasteiger charge is 2.09. The van der Waals surface area contributed by atoms with Gasteiger partial charge in [-0.05, 0) is 23.8 Å². The van der Waals surface area contributed by atoms with Gasteiger partial charge in [-0.15, -0.1) is 11.3 Å². The van der Waals surface area contributed by atoms with Gasteiger partial charge in [0, 0.05) is 17.7 Å². The topological polar surface area (TPSA) is 84.0 Å². The molecule has 0 unspecified atom stereocenters. The molecule has 0 radical (unpaired) electrons. The molecule has 0 aliphatic rings. The van der Waals surface area contributed by atoms with E-state index in [-0.39, 0.29) is 18.2 Å². The molecule has 0 atom stereocenters. The number of aromatic nitrogens is 2. The lowest BCUT2D eigenvalue weighted by Gasteiger charge is -2.02. The smallest absolute Gasteiger partial charge is 0.250 e. The summed E-state index contributed by atoms with van der Waals surface area (Å²) in [6.07, 6.45) is 6.51. The third-order valence-electron chi connectivity index (χ3n) is 3.30. The predicted octanol–water partition coefficient (Wildman–Crippen LogP) is 3.37. The number of carbonyl (C=O) groups excluding carboxylic acids is 2. The fourth-order valence-electron chi connectivity index (χ4n) is 2.14. The van der Waals surface area contributed by atoms with Crippen molar-refractivity contribution < 1.29 is 9.59 Å². The first-order valence-electron chi connectivity index (χ1n) is 7.87. The fraction of sp³-hybridized carbons (Fsp3) is 0.0526. The summed E-state index contributed by atoms with van der Waals surface area (Å²) in [4.78, 5) is 32.1. The van der Waals surface area contributed by atoms with E-state index in [2.05, 4.69) is 20.6 Å². The van der Waals surface area contributed by atoms with Crippen molar-refractivity contribution in [2.24, 2.45) is 0 Å². The largest absolute Gasteiger partial charge is 0.324 e. The molecular weight excluding hydrogens is 348 g/mol. The number of hydrogen-bond acceptors (Lipinski definition) is 5. The van der Waals surface area contributed by atoms with Crippen LogP contribution in [0.1, 0.15) is 11.3 Å². The summed E-state index contributed by atoms with van der Waals surface area (Å²) >= 11 is 1.28. The van der Waals surface area contributed by atoms with Crippen molar-refractivity contribution in [2.45, 2.75) is 6.42 Å². The summed E-state index contributed by atoms with van der Waals surface area (Å²) in [7, 11) is 0. The summed E-state index contributed by atoms with van der Waals surface area (Å²) < 4.78 is 0. The zero-order chi connectivity index (χ0) is 18.2. The van der Waals surface area contributed by atoms with E-state index in [1.165, 1.54) is 17.4 Å². The molecule has 0 bridgehead atoms. The standard InChI is InChI=1S/C19H16N4O2S/c24-17(9-8-14-5-2-1-3-6-14)23-19-22-16(13-26-19)11-18(25)21-15-7-4-10-20-12-15/h1-10,12-13H,11H2,(H,21,25)(H,22,23,24)/b9-8+. The molecule has 0 fully saturated rings. The summed E-state index contributed by atoms with van der Waals surface area (Å²) in [6.45, 7) is 0. The molecule has 3 rings (SSSR count). The van der Waals surface area contributed by atoms with E-state index in [0.29, 0.717) is 16.5 Å². The molecule has 2 heterocycles. The van der Waals surface area contributed by atoms with Gasteiger partial charge in [-0.25, -0.2) is 4.98 Å². The minimum absolute atomic E-state index is 0.126. The van der Waals surface area contributed by atoms with E-state index in [0.717, 1.165) is 5.56 Å². The van der Waals surface area contributed by atoms with Crippen LogP contribution in [0.5, 0.6) is 0 Å². The molecule has 0 spiro atoms. The van der Waals surface area contributed by atoms with Crippen molar-refractivity contribution in [1.82, 2.24) is 9.97 Å². The molecule has 2 amide bonds. The minimum Gasteiger partial charge on any atom is -0.324 e.